The molecule has 0 radical (unpaired) electrons. The Labute approximate surface area is 160 Å². The standard InChI is InChI=1S/C15H14Cl2N4O.C2H4O2/c16-13-6-2-4-11(14(13)17)9-22-12-5-1-3-10(7-12)8-20-21-15(18)19;1-2(3)4/h1-8H,9H2,(H4,18,19,21);1H3,(H,3,4)/b20-8+;. The van der Waals surface area contributed by atoms with Crippen molar-refractivity contribution in [2.24, 2.45) is 10.8 Å². The molecular weight excluding hydrogens is 379 g/mol. The predicted octanol–water partition coefficient (Wildman–Crippen LogP) is 3.48. The maximum absolute atomic E-state index is 9.00. The van der Waals surface area contributed by atoms with Crippen LogP contribution in [0.25, 0.3) is 0 Å². The molecule has 0 amide bonds. The highest BCUT2D eigenvalue weighted by Gasteiger charge is 2.05. The first-order valence-electron chi connectivity index (χ1n) is 7.28. The summed E-state index contributed by atoms with van der Waals surface area (Å²) in [6.45, 7) is 1.39. The molecule has 0 aliphatic carbocycles. The molecular formula is C17H18Cl2N4O3. The fourth-order valence-electron chi connectivity index (χ4n) is 1.68. The summed E-state index contributed by atoms with van der Waals surface area (Å²) in [4.78, 5) is 9.00. The lowest BCUT2D eigenvalue weighted by atomic mass is 10.2. The molecule has 2 aromatic carbocycles. The van der Waals surface area contributed by atoms with Crippen LogP contribution >= 0.6 is 23.2 Å². The predicted molar refractivity (Wildman–Crippen MR) is 103 cm³/mol. The van der Waals surface area contributed by atoms with E-state index in [0.29, 0.717) is 22.4 Å². The van der Waals surface area contributed by atoms with Gasteiger partial charge in [-0.05, 0) is 23.8 Å². The number of hydrogen-bond acceptors (Lipinski definition) is 4. The lowest BCUT2D eigenvalue weighted by Gasteiger charge is -2.09. The highest BCUT2D eigenvalue weighted by molar-refractivity contribution is 6.42. The zero-order chi connectivity index (χ0) is 19.5. The van der Waals surface area contributed by atoms with E-state index in [4.69, 9.17) is 49.0 Å². The summed E-state index contributed by atoms with van der Waals surface area (Å²) in [7, 11) is 0. The summed E-state index contributed by atoms with van der Waals surface area (Å²) in [6.07, 6.45) is 1.54. The summed E-state index contributed by atoms with van der Waals surface area (Å²) in [5.41, 5.74) is 9.10. The van der Waals surface area contributed by atoms with Gasteiger partial charge in [-0.1, -0.05) is 47.5 Å². The minimum absolute atomic E-state index is 0.223. The third-order valence-electron chi connectivity index (χ3n) is 2.68. The van der Waals surface area contributed by atoms with Crippen molar-refractivity contribution in [3.8, 4) is 5.75 Å². The first-order valence-corrected chi connectivity index (χ1v) is 8.03. The molecule has 5 N–H and O–H groups in total. The molecule has 0 aromatic heterocycles. The molecule has 0 saturated heterocycles. The van der Waals surface area contributed by atoms with Crippen LogP contribution in [0.5, 0.6) is 5.75 Å². The number of nitrogens with zero attached hydrogens (tertiary/aromatic N) is 1. The minimum Gasteiger partial charge on any atom is -0.489 e. The van der Waals surface area contributed by atoms with E-state index in [2.05, 4.69) is 10.5 Å². The third-order valence-corrected chi connectivity index (χ3v) is 3.54. The Morgan fingerprint density at radius 3 is 2.65 bits per heavy atom. The molecule has 9 heteroatoms. The lowest BCUT2D eigenvalue weighted by Crippen LogP contribution is -2.25. The van der Waals surface area contributed by atoms with E-state index in [9.17, 15) is 0 Å². The van der Waals surface area contributed by atoms with Gasteiger partial charge < -0.3 is 15.6 Å². The topological polar surface area (TPSA) is 121 Å². The zero-order valence-electron chi connectivity index (χ0n) is 13.9. The summed E-state index contributed by atoms with van der Waals surface area (Å²) >= 11 is 12.1. The highest BCUT2D eigenvalue weighted by atomic mass is 35.5. The molecule has 2 rings (SSSR count). The SMILES string of the molecule is CC(=O)O.N=C(N)N/N=C/c1cccc(OCc2cccc(Cl)c2Cl)c1. The number of benzene rings is 2. The van der Waals surface area contributed by atoms with E-state index in [0.717, 1.165) is 18.1 Å². The van der Waals surface area contributed by atoms with E-state index in [1.54, 1.807) is 12.3 Å². The zero-order valence-corrected chi connectivity index (χ0v) is 15.4. The second-order valence-electron chi connectivity index (χ2n) is 4.88. The average molecular weight is 397 g/mol. The maximum atomic E-state index is 9.00. The van der Waals surface area contributed by atoms with Crippen LogP contribution in [-0.4, -0.2) is 23.2 Å². The third kappa shape index (κ3) is 8.36. The van der Waals surface area contributed by atoms with E-state index in [1.165, 1.54) is 0 Å². The van der Waals surface area contributed by atoms with Crippen molar-refractivity contribution in [3.63, 3.8) is 0 Å². The Balaban J connectivity index is 0.000000765. The number of nitrogens with two attached hydrogens (primary N) is 1. The van der Waals surface area contributed by atoms with Crippen LogP contribution in [0.2, 0.25) is 10.0 Å². The highest BCUT2D eigenvalue weighted by Crippen LogP contribution is 2.26. The van der Waals surface area contributed by atoms with Crippen LogP contribution in [0, 0.1) is 5.41 Å². The first-order chi connectivity index (χ1) is 12.3. The molecule has 0 bridgehead atoms. The van der Waals surface area contributed by atoms with Crippen molar-refractivity contribution < 1.29 is 14.6 Å². The van der Waals surface area contributed by atoms with E-state index < -0.39 is 5.97 Å². The Kier molecular flexibility index (Phi) is 8.97. The second kappa shape index (κ2) is 11.0. The van der Waals surface area contributed by atoms with Crippen LogP contribution in [-0.2, 0) is 11.4 Å². The molecule has 0 fully saturated rings. The molecule has 0 spiro atoms. The van der Waals surface area contributed by atoms with Gasteiger partial charge in [0.05, 0.1) is 16.3 Å². The van der Waals surface area contributed by atoms with Crippen LogP contribution in [0.4, 0.5) is 0 Å². The van der Waals surface area contributed by atoms with Crippen molar-refractivity contribution in [2.75, 3.05) is 0 Å². The number of carboxylic acid groups (broad SMARTS) is 1. The van der Waals surface area contributed by atoms with Gasteiger partial charge in [-0.3, -0.25) is 10.2 Å². The lowest BCUT2D eigenvalue weighted by molar-refractivity contribution is -0.134. The molecule has 138 valence electrons. The van der Waals surface area contributed by atoms with Crippen LogP contribution in [0.1, 0.15) is 18.1 Å². The van der Waals surface area contributed by atoms with Gasteiger partial charge in [0.1, 0.15) is 12.4 Å². The van der Waals surface area contributed by atoms with Crippen molar-refractivity contribution in [2.45, 2.75) is 13.5 Å². The monoisotopic (exact) mass is 396 g/mol. The molecule has 7 nitrogen and oxygen atoms in total. The fourth-order valence-corrected chi connectivity index (χ4v) is 2.06. The summed E-state index contributed by atoms with van der Waals surface area (Å²) in [6, 6.07) is 12.7. The quantitative estimate of drug-likeness (QED) is 0.350. The number of carboxylic acids is 1. The largest absolute Gasteiger partial charge is 0.489 e. The number of aliphatic carboxylic acids is 1. The molecule has 0 unspecified atom stereocenters. The van der Waals surface area contributed by atoms with Crippen LogP contribution in [0.3, 0.4) is 0 Å². The van der Waals surface area contributed by atoms with Crippen LogP contribution < -0.4 is 15.9 Å². The number of ether oxygens (including phenoxy) is 1. The second-order valence-corrected chi connectivity index (χ2v) is 5.66. The minimum atomic E-state index is -0.833. The Bertz CT molecular complexity index is 793. The summed E-state index contributed by atoms with van der Waals surface area (Å²) in [5.74, 6) is -0.387. The Morgan fingerprint density at radius 2 is 2.00 bits per heavy atom. The van der Waals surface area contributed by atoms with Gasteiger partial charge in [0.15, 0.2) is 0 Å². The van der Waals surface area contributed by atoms with Gasteiger partial charge >= 0.3 is 0 Å². The molecule has 2 aromatic rings. The van der Waals surface area contributed by atoms with Gasteiger partial charge in [0, 0.05) is 12.5 Å². The molecule has 26 heavy (non-hydrogen) atoms. The molecule has 0 atom stereocenters. The van der Waals surface area contributed by atoms with Gasteiger partial charge in [-0.25, -0.2) is 5.43 Å². The number of hydrazone groups is 1. The number of carbonyl (C=O) groups is 1. The Morgan fingerprint density at radius 1 is 1.35 bits per heavy atom. The average Bonchev–Trinajstić information content (AvgIpc) is 2.56. The number of halogens is 2. The van der Waals surface area contributed by atoms with Crippen molar-refractivity contribution >= 4 is 41.3 Å². The van der Waals surface area contributed by atoms with Crippen molar-refractivity contribution in [3.05, 3.63) is 63.6 Å². The van der Waals surface area contributed by atoms with Gasteiger partial charge in [-0.15, -0.1) is 0 Å². The number of guanidine groups is 1. The molecule has 0 saturated carbocycles. The molecule has 0 aliphatic heterocycles. The first kappa shape index (κ1) is 21.3. The van der Waals surface area contributed by atoms with E-state index >= 15 is 0 Å². The van der Waals surface area contributed by atoms with Gasteiger partial charge in [-0.2, -0.15) is 5.10 Å². The maximum Gasteiger partial charge on any atom is 0.300 e. The molecule has 0 heterocycles. The normalized spacial score (nSPS) is 9.96. The smallest absolute Gasteiger partial charge is 0.300 e. The number of rotatable bonds is 5. The Hall–Kier alpha value is -2.77. The number of hydrogen-bond donors (Lipinski definition) is 4. The van der Waals surface area contributed by atoms with Gasteiger partial charge in [0.25, 0.3) is 5.97 Å². The fraction of sp³-hybridized carbons (Fsp3) is 0.118. The summed E-state index contributed by atoms with van der Waals surface area (Å²) in [5, 5.41) is 19.2. The number of nitrogens with one attached hydrogen (secondary N) is 2. The molecule has 0 aliphatic rings. The van der Waals surface area contributed by atoms with E-state index in [-0.39, 0.29) is 5.96 Å². The van der Waals surface area contributed by atoms with Crippen LogP contribution in [0.15, 0.2) is 47.6 Å². The van der Waals surface area contributed by atoms with Crippen molar-refractivity contribution in [1.82, 2.24) is 5.43 Å². The van der Waals surface area contributed by atoms with Gasteiger partial charge in [0.2, 0.25) is 5.96 Å². The van der Waals surface area contributed by atoms with Crippen molar-refractivity contribution in [1.29, 1.82) is 5.41 Å². The summed E-state index contributed by atoms with van der Waals surface area (Å²) < 4.78 is 5.70. The van der Waals surface area contributed by atoms with E-state index in [1.807, 2.05) is 36.4 Å².